The molecule has 7 rings (SSSR count). The van der Waals surface area contributed by atoms with Crippen molar-refractivity contribution in [3.05, 3.63) is 93.4 Å². The molecule has 11 nitrogen and oxygen atoms in total. The highest BCUT2D eigenvalue weighted by Gasteiger charge is 2.46. The Morgan fingerprint density at radius 1 is 1.11 bits per heavy atom. The topological polar surface area (TPSA) is 137 Å². The molecule has 1 saturated carbocycles. The molecule has 1 aromatic heterocycles. The number of fused-ring (bicyclic) bond motifs is 1. The highest BCUT2D eigenvalue weighted by atomic mass is 16.3. The van der Waals surface area contributed by atoms with Crippen LogP contribution in [0.15, 0.2) is 76.8 Å². The SMILES string of the molecule is Cn1cc(-c2cccc(N3CCC4=CC(C5CC5)=CCC4(C)C3=O)c2CO)nc(Nc2ccc(C(=O)N3CCNC(=O)C3)cc2)c1=O. The van der Waals surface area contributed by atoms with Crippen LogP contribution in [0, 0.1) is 11.3 Å². The number of carbonyl (C=O) groups excluding carboxylic acids is 3. The summed E-state index contributed by atoms with van der Waals surface area (Å²) in [4.78, 5) is 59.8. The molecule has 2 aromatic carbocycles. The minimum Gasteiger partial charge on any atom is -0.392 e. The number of aryl methyl sites for hydroxylation is 1. The predicted molar refractivity (Wildman–Crippen MR) is 178 cm³/mol. The van der Waals surface area contributed by atoms with Crippen molar-refractivity contribution in [3.8, 4) is 11.3 Å². The van der Waals surface area contributed by atoms with Crippen LogP contribution in [0.25, 0.3) is 11.3 Å². The molecule has 3 aromatic rings. The van der Waals surface area contributed by atoms with Crippen LogP contribution < -0.4 is 21.1 Å². The lowest BCUT2D eigenvalue weighted by Crippen LogP contribution is -2.49. The van der Waals surface area contributed by atoms with Gasteiger partial charge in [-0.25, -0.2) is 4.98 Å². The number of nitrogens with zero attached hydrogens (tertiary/aromatic N) is 4. The Balaban J connectivity index is 1.15. The molecular formula is C36H38N6O5. The van der Waals surface area contributed by atoms with Crippen LogP contribution in [0.4, 0.5) is 17.2 Å². The minimum absolute atomic E-state index is 0.0184. The van der Waals surface area contributed by atoms with Crippen LogP contribution in [0.3, 0.4) is 0 Å². The summed E-state index contributed by atoms with van der Waals surface area (Å²) >= 11 is 0. The molecule has 3 N–H and O–H groups in total. The first-order valence-electron chi connectivity index (χ1n) is 16.1. The van der Waals surface area contributed by atoms with Gasteiger partial charge in [-0.2, -0.15) is 0 Å². The average Bonchev–Trinajstić information content (AvgIpc) is 3.93. The van der Waals surface area contributed by atoms with E-state index in [0.717, 1.165) is 6.42 Å². The molecule has 2 aliphatic heterocycles. The number of piperazine rings is 1. The molecule has 0 radical (unpaired) electrons. The third-order valence-electron chi connectivity index (χ3n) is 9.83. The number of amides is 3. The molecule has 47 heavy (non-hydrogen) atoms. The normalized spacial score (nSPS) is 21.1. The molecule has 3 fully saturated rings. The van der Waals surface area contributed by atoms with Crippen molar-refractivity contribution in [1.82, 2.24) is 19.8 Å². The van der Waals surface area contributed by atoms with Gasteiger partial charge >= 0.3 is 0 Å². The minimum atomic E-state index is -0.617. The number of allylic oxidation sites excluding steroid dienone is 3. The summed E-state index contributed by atoms with van der Waals surface area (Å²) in [5.41, 5.74) is 4.86. The maximum atomic E-state index is 14.1. The maximum absolute atomic E-state index is 14.1. The molecule has 4 aliphatic rings. The Morgan fingerprint density at radius 3 is 2.62 bits per heavy atom. The number of aliphatic hydroxyl groups excluding tert-OH is 1. The lowest BCUT2D eigenvalue weighted by molar-refractivity contribution is -0.126. The fraction of sp³-hybridized carbons (Fsp3) is 0.361. The Bertz CT molecular complexity index is 1910. The summed E-state index contributed by atoms with van der Waals surface area (Å²) in [5, 5.41) is 16.4. The monoisotopic (exact) mass is 634 g/mol. The van der Waals surface area contributed by atoms with E-state index in [0.29, 0.717) is 65.7 Å². The van der Waals surface area contributed by atoms with Crippen molar-refractivity contribution in [2.75, 3.05) is 36.4 Å². The summed E-state index contributed by atoms with van der Waals surface area (Å²) in [6, 6.07) is 12.2. The van der Waals surface area contributed by atoms with Gasteiger partial charge in [0.25, 0.3) is 11.5 Å². The van der Waals surface area contributed by atoms with E-state index in [2.05, 4.69) is 27.8 Å². The Morgan fingerprint density at radius 2 is 1.89 bits per heavy atom. The number of rotatable bonds is 7. The molecule has 0 bridgehead atoms. The van der Waals surface area contributed by atoms with Crippen LogP contribution in [0.1, 0.15) is 48.5 Å². The lowest BCUT2D eigenvalue weighted by Gasteiger charge is -2.43. The molecule has 2 aliphatic carbocycles. The zero-order chi connectivity index (χ0) is 32.9. The standard InChI is InChI=1S/C36H38N6O5/c1-36-14-12-24(22-6-7-22)18-25(36)13-16-42(35(36)47)30-5-3-4-27(28(30)21-43)29-19-40(2)34(46)32(39-29)38-26-10-8-23(9-11-26)33(45)41-17-15-37-31(44)20-41/h3-5,8-12,18-19,22,43H,6-7,13-17,20-21H2,1-2H3,(H,37,44)(H,38,39). The van der Waals surface area contributed by atoms with Gasteiger partial charge in [0.15, 0.2) is 5.82 Å². The van der Waals surface area contributed by atoms with E-state index in [1.807, 2.05) is 25.1 Å². The van der Waals surface area contributed by atoms with Gasteiger partial charge in [-0.05, 0) is 74.4 Å². The molecule has 1 atom stereocenters. The molecule has 0 spiro atoms. The molecule has 2 saturated heterocycles. The second kappa shape index (κ2) is 12.0. The summed E-state index contributed by atoms with van der Waals surface area (Å²) in [5.74, 6) is 0.310. The Labute approximate surface area is 272 Å². The number of benzene rings is 2. The highest BCUT2D eigenvalue weighted by molar-refractivity contribution is 6.02. The van der Waals surface area contributed by atoms with E-state index >= 15 is 0 Å². The summed E-state index contributed by atoms with van der Waals surface area (Å²) in [6.45, 7) is 3.10. The quantitative estimate of drug-likeness (QED) is 0.361. The number of anilines is 3. The van der Waals surface area contributed by atoms with Crippen LogP contribution in [0.5, 0.6) is 0 Å². The van der Waals surface area contributed by atoms with Crippen molar-refractivity contribution >= 4 is 34.9 Å². The lowest BCUT2D eigenvalue weighted by atomic mass is 9.70. The number of hydrogen-bond donors (Lipinski definition) is 3. The summed E-state index contributed by atoms with van der Waals surface area (Å²) in [6.07, 6.45) is 10.0. The van der Waals surface area contributed by atoms with E-state index < -0.39 is 5.41 Å². The zero-order valence-electron chi connectivity index (χ0n) is 26.6. The van der Waals surface area contributed by atoms with Crippen LogP contribution >= 0.6 is 0 Å². The molecular weight excluding hydrogens is 596 g/mol. The van der Waals surface area contributed by atoms with Gasteiger partial charge in [-0.3, -0.25) is 19.2 Å². The van der Waals surface area contributed by atoms with Gasteiger partial charge in [-0.1, -0.05) is 29.9 Å². The largest absolute Gasteiger partial charge is 0.392 e. The molecule has 11 heteroatoms. The number of piperidine rings is 1. The molecule has 242 valence electrons. The first-order chi connectivity index (χ1) is 22.7. The third kappa shape index (κ3) is 5.65. The van der Waals surface area contributed by atoms with Gasteiger partial charge in [0, 0.05) is 60.9 Å². The van der Waals surface area contributed by atoms with Crippen LogP contribution in [-0.2, 0) is 23.2 Å². The van der Waals surface area contributed by atoms with Gasteiger partial charge in [0.1, 0.15) is 0 Å². The van der Waals surface area contributed by atoms with Gasteiger partial charge < -0.3 is 30.1 Å². The third-order valence-corrected chi connectivity index (χ3v) is 9.83. The van der Waals surface area contributed by atoms with Crippen molar-refractivity contribution in [2.45, 2.75) is 39.2 Å². The Kier molecular flexibility index (Phi) is 7.79. The fourth-order valence-corrected chi connectivity index (χ4v) is 6.89. The second-order valence-corrected chi connectivity index (χ2v) is 13.0. The van der Waals surface area contributed by atoms with Crippen LogP contribution in [-0.4, -0.2) is 63.5 Å². The van der Waals surface area contributed by atoms with Crippen molar-refractivity contribution in [1.29, 1.82) is 0 Å². The summed E-state index contributed by atoms with van der Waals surface area (Å²) in [7, 11) is 1.63. The van der Waals surface area contributed by atoms with E-state index in [1.165, 1.54) is 33.5 Å². The number of nitrogens with one attached hydrogen (secondary N) is 2. The molecule has 1 unspecified atom stereocenters. The van der Waals surface area contributed by atoms with Crippen molar-refractivity contribution < 1.29 is 19.5 Å². The van der Waals surface area contributed by atoms with Crippen molar-refractivity contribution in [3.63, 3.8) is 0 Å². The number of aromatic nitrogens is 2. The van der Waals surface area contributed by atoms with Crippen LogP contribution in [0.2, 0.25) is 0 Å². The number of hydrogen-bond acceptors (Lipinski definition) is 7. The van der Waals surface area contributed by atoms with Gasteiger partial charge in [0.2, 0.25) is 11.8 Å². The second-order valence-electron chi connectivity index (χ2n) is 13.0. The highest BCUT2D eigenvalue weighted by Crippen LogP contribution is 2.49. The average molecular weight is 635 g/mol. The zero-order valence-corrected chi connectivity index (χ0v) is 26.6. The first-order valence-corrected chi connectivity index (χ1v) is 16.1. The van der Waals surface area contributed by atoms with Crippen molar-refractivity contribution in [2.24, 2.45) is 18.4 Å². The Hall–Kier alpha value is -5.03. The number of carbonyl (C=O) groups is 3. The maximum Gasteiger partial charge on any atom is 0.293 e. The smallest absolute Gasteiger partial charge is 0.293 e. The first kappa shape index (κ1) is 30.6. The summed E-state index contributed by atoms with van der Waals surface area (Å²) < 4.78 is 1.42. The number of aliphatic hydroxyl groups is 1. The van der Waals surface area contributed by atoms with Gasteiger partial charge in [0.05, 0.1) is 24.3 Å². The molecule has 3 heterocycles. The van der Waals surface area contributed by atoms with E-state index in [1.54, 1.807) is 42.4 Å². The predicted octanol–water partition coefficient (Wildman–Crippen LogP) is 3.66. The van der Waals surface area contributed by atoms with Gasteiger partial charge in [-0.15, -0.1) is 0 Å². The van der Waals surface area contributed by atoms with E-state index in [-0.39, 0.29) is 42.3 Å². The fourth-order valence-electron chi connectivity index (χ4n) is 6.89. The van der Waals surface area contributed by atoms with E-state index in [9.17, 15) is 24.3 Å². The molecule has 3 amide bonds. The van der Waals surface area contributed by atoms with E-state index in [4.69, 9.17) is 0 Å².